The van der Waals surface area contributed by atoms with E-state index in [1.165, 1.54) is 22.8 Å². The fourth-order valence-corrected chi connectivity index (χ4v) is 5.68. The number of nitriles is 1. The van der Waals surface area contributed by atoms with Crippen LogP contribution in [0.3, 0.4) is 0 Å². The van der Waals surface area contributed by atoms with Crippen molar-refractivity contribution in [2.45, 2.75) is 39.1 Å². The third kappa shape index (κ3) is 6.81. The molecule has 12 heteroatoms. The highest BCUT2D eigenvalue weighted by molar-refractivity contribution is 5.77. The molecule has 3 aliphatic heterocycles. The summed E-state index contributed by atoms with van der Waals surface area (Å²) in [6.45, 7) is 6.82. The Morgan fingerprint density at radius 3 is 2.71 bits per heavy atom. The molecule has 11 nitrogen and oxygen atoms in total. The van der Waals surface area contributed by atoms with E-state index in [0.717, 1.165) is 55.3 Å². The molecule has 1 N–H and O–H groups in total. The van der Waals surface area contributed by atoms with Crippen molar-refractivity contribution in [1.29, 1.82) is 5.26 Å². The van der Waals surface area contributed by atoms with E-state index in [4.69, 9.17) is 34.5 Å². The lowest BCUT2D eigenvalue weighted by molar-refractivity contribution is -0.161. The average molecular weight is 613 g/mol. The normalized spacial score (nSPS) is 17.7. The van der Waals surface area contributed by atoms with Crippen LogP contribution >= 0.6 is 0 Å². The van der Waals surface area contributed by atoms with E-state index < -0.39 is 5.82 Å². The molecule has 2 aromatic carbocycles. The maximum absolute atomic E-state index is 14.3. The number of hydrogen-bond donors (Lipinski definition) is 1. The molecule has 4 aromatic rings. The fraction of sp³-hybridized carbons (Fsp3) is 0.333. The number of imidazole rings is 1. The van der Waals surface area contributed by atoms with Crippen LogP contribution in [0, 0.1) is 24.1 Å². The van der Waals surface area contributed by atoms with Crippen LogP contribution in [0.1, 0.15) is 28.9 Å². The third-order valence-electron chi connectivity index (χ3n) is 8.12. The predicted molar refractivity (Wildman–Crippen MR) is 163 cm³/mol. The van der Waals surface area contributed by atoms with Crippen molar-refractivity contribution in [3.8, 4) is 11.9 Å². The SMILES string of the molecule is Cc1ccc2nc(CN3CC4=C(CO3)CN(c3cccc(OCc5ccc(C#N)cc5F)n3)C4)n(CC3CCO3)c2c1.O=CO. The molecule has 3 aliphatic rings. The Balaban J connectivity index is 0.00000115. The maximum Gasteiger partial charge on any atom is 0.290 e. The first kappa shape index (κ1) is 30.2. The summed E-state index contributed by atoms with van der Waals surface area (Å²) in [6, 6.07) is 18.3. The number of ether oxygens (including phenoxy) is 2. The van der Waals surface area contributed by atoms with Crippen LogP contribution in [0.5, 0.6) is 5.88 Å². The number of fused-ring (bicyclic) bond motifs is 1. The molecule has 1 atom stereocenters. The number of aromatic nitrogens is 3. The zero-order valence-corrected chi connectivity index (χ0v) is 24.9. The molecule has 45 heavy (non-hydrogen) atoms. The first-order valence-corrected chi connectivity index (χ1v) is 14.7. The van der Waals surface area contributed by atoms with Gasteiger partial charge < -0.3 is 24.0 Å². The van der Waals surface area contributed by atoms with E-state index >= 15 is 0 Å². The van der Waals surface area contributed by atoms with Gasteiger partial charge in [0.15, 0.2) is 0 Å². The molecule has 0 bridgehead atoms. The quantitative estimate of drug-likeness (QED) is 0.226. The van der Waals surface area contributed by atoms with E-state index in [0.29, 0.717) is 31.1 Å². The minimum absolute atomic E-state index is 0.0305. The van der Waals surface area contributed by atoms with Gasteiger partial charge in [-0.2, -0.15) is 15.3 Å². The summed E-state index contributed by atoms with van der Waals surface area (Å²) in [6.07, 6.45) is 1.31. The molecule has 2 aromatic heterocycles. The summed E-state index contributed by atoms with van der Waals surface area (Å²) < 4.78 is 28.1. The number of benzene rings is 2. The maximum atomic E-state index is 14.3. The van der Waals surface area contributed by atoms with Gasteiger partial charge in [-0.1, -0.05) is 18.2 Å². The molecular formula is C33H33FN6O5. The van der Waals surface area contributed by atoms with Gasteiger partial charge >= 0.3 is 0 Å². The first-order chi connectivity index (χ1) is 21.9. The third-order valence-corrected chi connectivity index (χ3v) is 8.12. The second kappa shape index (κ2) is 13.4. The Morgan fingerprint density at radius 2 is 1.96 bits per heavy atom. The molecule has 0 aliphatic carbocycles. The van der Waals surface area contributed by atoms with Crippen LogP contribution in [0.15, 0.2) is 65.7 Å². The van der Waals surface area contributed by atoms with E-state index in [1.807, 2.05) is 23.3 Å². The largest absolute Gasteiger partial charge is 0.483 e. The van der Waals surface area contributed by atoms with Gasteiger partial charge in [-0.05, 0) is 60.4 Å². The molecule has 7 rings (SSSR count). The van der Waals surface area contributed by atoms with Crippen LogP contribution in [-0.4, -0.2) is 70.1 Å². The van der Waals surface area contributed by atoms with Gasteiger partial charge in [-0.15, -0.1) is 0 Å². The number of aryl methyl sites for hydroxylation is 1. The number of nitrogens with zero attached hydrogens (tertiary/aromatic N) is 6. The number of carboxylic acid groups (broad SMARTS) is 1. The van der Waals surface area contributed by atoms with Gasteiger partial charge in [0, 0.05) is 37.9 Å². The zero-order valence-electron chi connectivity index (χ0n) is 24.9. The van der Waals surface area contributed by atoms with Crippen LogP contribution in [0.2, 0.25) is 0 Å². The van der Waals surface area contributed by atoms with E-state index in [9.17, 15) is 4.39 Å². The number of hydroxylamine groups is 2. The lowest BCUT2D eigenvalue weighted by atomic mass is 10.1. The second-order valence-corrected chi connectivity index (χ2v) is 11.2. The number of pyridine rings is 1. The van der Waals surface area contributed by atoms with Gasteiger partial charge in [0.05, 0.1) is 48.5 Å². The Morgan fingerprint density at radius 1 is 1.13 bits per heavy atom. The van der Waals surface area contributed by atoms with Crippen molar-refractivity contribution in [1.82, 2.24) is 19.6 Å². The molecule has 0 amide bonds. The zero-order chi connectivity index (χ0) is 31.3. The van der Waals surface area contributed by atoms with Gasteiger partial charge in [-0.3, -0.25) is 9.63 Å². The molecule has 1 unspecified atom stereocenters. The topological polar surface area (TPSA) is 126 Å². The fourth-order valence-electron chi connectivity index (χ4n) is 5.68. The summed E-state index contributed by atoms with van der Waals surface area (Å²) in [7, 11) is 0. The standard InChI is InChI=1S/C32H31FN6O3.CH2O2/c1-21-5-8-28-29(11-21)39(17-26-9-10-40-26)31(35-28)18-38-16-24-14-37(15-25(24)20-42-38)30-3-2-4-32(36-30)41-19-23-7-6-22(13-34)12-27(23)33;2-1-3/h2-8,11-12,26H,9-10,14-20H2,1H3;1H,(H,2,3). The highest BCUT2D eigenvalue weighted by Gasteiger charge is 2.30. The summed E-state index contributed by atoms with van der Waals surface area (Å²) in [5.74, 6) is 1.73. The Hall–Kier alpha value is -4.83. The predicted octanol–water partition coefficient (Wildman–Crippen LogP) is 4.38. The van der Waals surface area contributed by atoms with E-state index in [1.54, 1.807) is 18.2 Å². The van der Waals surface area contributed by atoms with Crippen molar-refractivity contribution >= 4 is 23.3 Å². The highest BCUT2D eigenvalue weighted by Crippen LogP contribution is 2.30. The summed E-state index contributed by atoms with van der Waals surface area (Å²) >= 11 is 0. The van der Waals surface area contributed by atoms with Crippen LogP contribution < -0.4 is 9.64 Å². The highest BCUT2D eigenvalue weighted by atomic mass is 19.1. The molecule has 1 fully saturated rings. The number of carbonyl (C=O) groups is 1. The second-order valence-electron chi connectivity index (χ2n) is 11.2. The number of rotatable bonds is 8. The van der Waals surface area contributed by atoms with Gasteiger partial charge in [0.1, 0.15) is 24.1 Å². The molecule has 1 saturated heterocycles. The van der Waals surface area contributed by atoms with Gasteiger partial charge in [0.25, 0.3) is 6.47 Å². The van der Waals surface area contributed by atoms with E-state index in [-0.39, 0.29) is 24.7 Å². The minimum atomic E-state index is -0.465. The Bertz CT molecular complexity index is 1780. The molecule has 0 saturated carbocycles. The van der Waals surface area contributed by atoms with Crippen molar-refractivity contribution in [3.63, 3.8) is 0 Å². The monoisotopic (exact) mass is 612 g/mol. The lowest BCUT2D eigenvalue weighted by Crippen LogP contribution is -2.35. The number of halogens is 1. The smallest absolute Gasteiger partial charge is 0.290 e. The van der Waals surface area contributed by atoms with Crippen molar-refractivity contribution < 1.29 is 28.6 Å². The summed E-state index contributed by atoms with van der Waals surface area (Å²) in [5.41, 5.74) is 6.60. The van der Waals surface area contributed by atoms with Crippen LogP contribution in [0.25, 0.3) is 11.0 Å². The van der Waals surface area contributed by atoms with Crippen LogP contribution in [-0.2, 0) is 34.1 Å². The molecule has 0 radical (unpaired) electrons. The first-order valence-electron chi connectivity index (χ1n) is 14.7. The molecule has 5 heterocycles. The van der Waals surface area contributed by atoms with Crippen molar-refractivity contribution in [3.05, 3.63) is 94.1 Å². The molecule has 0 spiro atoms. The van der Waals surface area contributed by atoms with Gasteiger partial charge in [-0.25, -0.2) is 9.37 Å². The average Bonchev–Trinajstić information content (AvgIpc) is 3.59. The van der Waals surface area contributed by atoms with Crippen molar-refractivity contribution in [2.24, 2.45) is 0 Å². The summed E-state index contributed by atoms with van der Waals surface area (Å²) in [5, 5.41) is 17.9. The lowest BCUT2D eigenvalue weighted by Gasteiger charge is -2.29. The van der Waals surface area contributed by atoms with Crippen LogP contribution in [0.4, 0.5) is 10.2 Å². The summed E-state index contributed by atoms with van der Waals surface area (Å²) in [4.78, 5) is 26.4. The number of hydrogen-bond acceptors (Lipinski definition) is 9. The van der Waals surface area contributed by atoms with Crippen molar-refractivity contribution in [2.75, 3.05) is 37.7 Å². The van der Waals surface area contributed by atoms with Gasteiger partial charge in [0.2, 0.25) is 5.88 Å². The van der Waals surface area contributed by atoms with E-state index in [2.05, 4.69) is 39.6 Å². The molecular weight excluding hydrogens is 579 g/mol. The number of anilines is 1. The Kier molecular flexibility index (Phi) is 9.02. The Labute approximate surface area is 259 Å². The minimum Gasteiger partial charge on any atom is -0.483 e. The molecule has 232 valence electrons.